The first-order valence-corrected chi connectivity index (χ1v) is 13.4. The molecule has 39 heavy (non-hydrogen) atoms. The summed E-state index contributed by atoms with van der Waals surface area (Å²) in [6.07, 6.45) is -0.684. The molecule has 1 aromatic rings. The zero-order valence-corrected chi connectivity index (χ0v) is 22.8. The summed E-state index contributed by atoms with van der Waals surface area (Å²) in [7, 11) is 0. The predicted octanol–water partition coefficient (Wildman–Crippen LogP) is 7.90. The molecular formula is C28H39F6NO4. The lowest BCUT2D eigenvalue weighted by atomic mass is 9.99. The van der Waals surface area contributed by atoms with E-state index in [0.29, 0.717) is 24.6 Å². The Balaban J connectivity index is 2.75. The molecule has 0 spiro atoms. The fourth-order valence-corrected chi connectivity index (χ4v) is 4.16. The third kappa shape index (κ3) is 12.9. The summed E-state index contributed by atoms with van der Waals surface area (Å²) in [5, 5.41) is 2.57. The molecule has 5 nitrogen and oxygen atoms in total. The first-order chi connectivity index (χ1) is 18.2. The van der Waals surface area contributed by atoms with Crippen LogP contribution in [0.15, 0.2) is 18.2 Å². The van der Waals surface area contributed by atoms with Gasteiger partial charge in [0.2, 0.25) is 5.91 Å². The van der Waals surface area contributed by atoms with Gasteiger partial charge in [0.05, 0.1) is 22.7 Å². The molecule has 1 atom stereocenters. The van der Waals surface area contributed by atoms with Gasteiger partial charge in [-0.15, -0.1) is 0 Å². The van der Waals surface area contributed by atoms with Crippen molar-refractivity contribution in [2.75, 3.05) is 6.61 Å². The van der Waals surface area contributed by atoms with Crippen LogP contribution in [0.1, 0.15) is 113 Å². The summed E-state index contributed by atoms with van der Waals surface area (Å²) in [4.78, 5) is 37.5. The minimum absolute atomic E-state index is 0.0783. The fourth-order valence-electron chi connectivity index (χ4n) is 4.16. The second-order valence-corrected chi connectivity index (χ2v) is 10.1. The van der Waals surface area contributed by atoms with Crippen molar-refractivity contribution in [3.8, 4) is 0 Å². The van der Waals surface area contributed by atoms with E-state index >= 15 is 0 Å². The van der Waals surface area contributed by atoms with E-state index < -0.39 is 59.4 Å². The molecule has 0 bridgehead atoms. The molecule has 0 aliphatic carbocycles. The predicted molar refractivity (Wildman–Crippen MR) is 135 cm³/mol. The molecule has 0 radical (unpaired) electrons. The van der Waals surface area contributed by atoms with Crippen molar-refractivity contribution in [1.29, 1.82) is 0 Å². The van der Waals surface area contributed by atoms with Gasteiger partial charge in [-0.1, -0.05) is 78.2 Å². The normalized spacial score (nSPS) is 12.9. The molecule has 0 saturated heterocycles. The molecule has 1 aromatic carbocycles. The molecule has 1 amide bonds. The Labute approximate surface area is 226 Å². The number of alkyl halides is 6. The maximum absolute atomic E-state index is 13.3. The van der Waals surface area contributed by atoms with Crippen LogP contribution in [-0.4, -0.2) is 30.3 Å². The molecule has 0 unspecified atom stereocenters. The first kappa shape index (κ1) is 34.4. The average molecular weight is 568 g/mol. The van der Waals surface area contributed by atoms with E-state index in [2.05, 4.69) is 17.0 Å². The van der Waals surface area contributed by atoms with Gasteiger partial charge in [0, 0.05) is 6.42 Å². The number of ketones is 1. The standard InChI is InChI=1S/C28H39F6NO4/c1-4-5-6-7-8-9-10-11-12-16-24(37)35-22(17-19(2)3)23(36)18-39-26(38)25-20(27(29,30)31)14-13-15-21(25)28(32,33)34/h13-15,19,22H,4-12,16-18H2,1-3H3,(H,35,37)/t22-/m0/s1. The number of rotatable bonds is 17. The monoisotopic (exact) mass is 567 g/mol. The van der Waals surface area contributed by atoms with Gasteiger partial charge in [0.1, 0.15) is 0 Å². The van der Waals surface area contributed by atoms with Crippen molar-refractivity contribution in [3.05, 3.63) is 34.9 Å². The number of hydrogen-bond acceptors (Lipinski definition) is 4. The second kappa shape index (κ2) is 16.5. The highest BCUT2D eigenvalue weighted by Crippen LogP contribution is 2.39. The van der Waals surface area contributed by atoms with Crippen LogP contribution in [0, 0.1) is 5.92 Å². The Morgan fingerprint density at radius 3 is 1.77 bits per heavy atom. The molecule has 0 fully saturated rings. The maximum Gasteiger partial charge on any atom is 0.417 e. The number of hydrogen-bond donors (Lipinski definition) is 1. The van der Waals surface area contributed by atoms with Crippen molar-refractivity contribution in [2.45, 2.75) is 110 Å². The van der Waals surface area contributed by atoms with Gasteiger partial charge in [0.25, 0.3) is 0 Å². The number of halogens is 6. The van der Waals surface area contributed by atoms with Gasteiger partial charge in [-0.2, -0.15) is 26.3 Å². The number of carbonyl (C=O) groups is 3. The Bertz CT molecular complexity index is 895. The number of Topliss-reactive ketones (excluding diaryl/α,β-unsaturated/α-hetero) is 1. The van der Waals surface area contributed by atoms with Gasteiger partial charge in [-0.25, -0.2) is 4.79 Å². The van der Waals surface area contributed by atoms with E-state index in [1.54, 1.807) is 13.8 Å². The summed E-state index contributed by atoms with van der Waals surface area (Å²) >= 11 is 0. The number of esters is 1. The highest BCUT2D eigenvalue weighted by molar-refractivity contribution is 5.96. The van der Waals surface area contributed by atoms with E-state index in [-0.39, 0.29) is 18.8 Å². The van der Waals surface area contributed by atoms with Crippen LogP contribution in [0.2, 0.25) is 0 Å². The summed E-state index contributed by atoms with van der Waals surface area (Å²) < 4.78 is 84.6. The van der Waals surface area contributed by atoms with Crippen LogP contribution in [0.25, 0.3) is 0 Å². The third-order valence-electron chi connectivity index (χ3n) is 6.16. The van der Waals surface area contributed by atoms with Crippen molar-refractivity contribution >= 4 is 17.7 Å². The highest BCUT2D eigenvalue weighted by atomic mass is 19.4. The Kier molecular flexibility index (Phi) is 14.6. The van der Waals surface area contributed by atoms with E-state index in [1.165, 1.54) is 25.7 Å². The molecule has 0 aliphatic rings. The number of benzene rings is 1. The molecule has 0 heterocycles. The number of nitrogens with one attached hydrogen (secondary N) is 1. The quantitative estimate of drug-likeness (QED) is 0.118. The molecule has 0 saturated carbocycles. The molecule has 1 rings (SSSR count). The highest BCUT2D eigenvalue weighted by Gasteiger charge is 2.43. The SMILES string of the molecule is CCCCCCCCCCCC(=O)N[C@@H](CC(C)C)C(=O)COC(=O)c1c(C(F)(F)F)cccc1C(F)(F)F. The van der Waals surface area contributed by atoms with Crippen LogP contribution in [0.4, 0.5) is 26.3 Å². The number of ether oxygens (including phenoxy) is 1. The van der Waals surface area contributed by atoms with E-state index in [9.17, 15) is 40.7 Å². The first-order valence-electron chi connectivity index (χ1n) is 13.4. The Morgan fingerprint density at radius 2 is 1.31 bits per heavy atom. The van der Waals surface area contributed by atoms with Gasteiger partial charge < -0.3 is 10.1 Å². The van der Waals surface area contributed by atoms with Crippen LogP contribution >= 0.6 is 0 Å². The van der Waals surface area contributed by atoms with Gasteiger partial charge in [-0.05, 0) is 30.9 Å². The summed E-state index contributed by atoms with van der Waals surface area (Å²) in [5.41, 5.74) is -5.34. The van der Waals surface area contributed by atoms with Gasteiger partial charge in [-0.3, -0.25) is 9.59 Å². The van der Waals surface area contributed by atoms with Crippen molar-refractivity contribution in [3.63, 3.8) is 0 Å². The molecule has 222 valence electrons. The fraction of sp³-hybridized carbons (Fsp3) is 0.679. The smallest absolute Gasteiger partial charge is 0.417 e. The number of amides is 1. The Morgan fingerprint density at radius 1 is 0.821 bits per heavy atom. The second-order valence-electron chi connectivity index (χ2n) is 10.1. The van der Waals surface area contributed by atoms with Crippen molar-refractivity contribution < 1.29 is 45.5 Å². The third-order valence-corrected chi connectivity index (χ3v) is 6.16. The minimum Gasteiger partial charge on any atom is -0.454 e. The summed E-state index contributed by atoms with van der Waals surface area (Å²) in [5.74, 6) is -3.22. The van der Waals surface area contributed by atoms with Crippen molar-refractivity contribution in [2.24, 2.45) is 5.92 Å². The molecular weight excluding hydrogens is 528 g/mol. The summed E-state index contributed by atoms with van der Waals surface area (Å²) in [6.45, 7) is 4.61. The largest absolute Gasteiger partial charge is 0.454 e. The van der Waals surface area contributed by atoms with E-state index in [4.69, 9.17) is 0 Å². The minimum atomic E-state index is -5.26. The number of carbonyl (C=O) groups excluding carboxylic acids is 3. The van der Waals surface area contributed by atoms with Gasteiger partial charge >= 0.3 is 18.3 Å². The Hall–Kier alpha value is -2.59. The lowest BCUT2D eigenvalue weighted by Crippen LogP contribution is -2.43. The van der Waals surface area contributed by atoms with E-state index in [1.807, 2.05) is 0 Å². The van der Waals surface area contributed by atoms with E-state index in [0.717, 1.165) is 25.7 Å². The van der Waals surface area contributed by atoms with Crippen LogP contribution < -0.4 is 5.32 Å². The van der Waals surface area contributed by atoms with Crippen LogP contribution in [0.3, 0.4) is 0 Å². The zero-order chi connectivity index (χ0) is 29.6. The van der Waals surface area contributed by atoms with Gasteiger partial charge in [0.15, 0.2) is 12.4 Å². The molecule has 0 aromatic heterocycles. The zero-order valence-electron chi connectivity index (χ0n) is 22.8. The van der Waals surface area contributed by atoms with Crippen LogP contribution in [0.5, 0.6) is 0 Å². The lowest BCUT2D eigenvalue weighted by Gasteiger charge is -2.21. The number of unbranched alkanes of at least 4 members (excludes halogenated alkanes) is 8. The lowest BCUT2D eigenvalue weighted by molar-refractivity contribution is -0.144. The average Bonchev–Trinajstić information content (AvgIpc) is 2.83. The topological polar surface area (TPSA) is 72.5 Å². The van der Waals surface area contributed by atoms with Crippen LogP contribution in [-0.2, 0) is 26.7 Å². The molecule has 1 N–H and O–H groups in total. The summed E-state index contributed by atoms with van der Waals surface area (Å²) in [6, 6.07) is 0.114. The van der Waals surface area contributed by atoms with Crippen molar-refractivity contribution in [1.82, 2.24) is 5.32 Å². The molecule has 0 aliphatic heterocycles. The molecule has 11 heteroatoms. The maximum atomic E-state index is 13.3.